The molecule has 0 bridgehead atoms. The zero-order chi connectivity index (χ0) is 17.5. The minimum absolute atomic E-state index is 0.605. The van der Waals surface area contributed by atoms with Crippen molar-refractivity contribution in [3.63, 3.8) is 0 Å². The number of benzene rings is 2. The Kier molecular flexibility index (Phi) is 3.32. The molecule has 0 radical (unpaired) electrons. The molecule has 3 heterocycles. The lowest BCUT2D eigenvalue weighted by Crippen LogP contribution is -1.99. The summed E-state index contributed by atoms with van der Waals surface area (Å²) in [5.41, 5.74) is 4.61. The number of tetrazole rings is 1. The van der Waals surface area contributed by atoms with E-state index in [-0.39, 0.29) is 0 Å². The van der Waals surface area contributed by atoms with Gasteiger partial charge >= 0.3 is 0 Å². The van der Waals surface area contributed by atoms with Crippen molar-refractivity contribution in [3.8, 4) is 11.4 Å². The van der Waals surface area contributed by atoms with Gasteiger partial charge in [0.05, 0.1) is 16.6 Å². The summed E-state index contributed by atoms with van der Waals surface area (Å²) in [6.45, 7) is 0. The maximum absolute atomic E-state index is 5.97. The molecule has 0 saturated heterocycles. The van der Waals surface area contributed by atoms with E-state index in [1.807, 2.05) is 60.8 Å². The van der Waals surface area contributed by atoms with Crippen molar-refractivity contribution in [2.45, 2.75) is 0 Å². The van der Waals surface area contributed by atoms with Crippen LogP contribution in [0.5, 0.6) is 0 Å². The van der Waals surface area contributed by atoms with E-state index in [0.717, 1.165) is 33.6 Å². The number of aromatic nitrogens is 6. The van der Waals surface area contributed by atoms with Crippen LogP contribution in [0.4, 0.5) is 11.5 Å². The van der Waals surface area contributed by atoms with Crippen LogP contribution in [0.25, 0.3) is 27.9 Å². The number of hydrogen-bond donors (Lipinski definition) is 2. The lowest BCUT2D eigenvalue weighted by molar-refractivity contribution is 0.881. The molecule has 0 atom stereocenters. The Morgan fingerprint density at radius 3 is 2.69 bits per heavy atom. The molecule has 0 spiro atoms. The van der Waals surface area contributed by atoms with Crippen LogP contribution in [-0.4, -0.2) is 30.0 Å². The summed E-state index contributed by atoms with van der Waals surface area (Å²) in [5, 5.41) is 18.1. The second-order valence-electron chi connectivity index (χ2n) is 5.81. The maximum atomic E-state index is 5.97. The van der Waals surface area contributed by atoms with E-state index in [1.54, 1.807) is 0 Å². The van der Waals surface area contributed by atoms with Gasteiger partial charge in [-0.25, -0.2) is 10.1 Å². The summed E-state index contributed by atoms with van der Waals surface area (Å²) in [7, 11) is 0. The van der Waals surface area contributed by atoms with Gasteiger partial charge in [-0.15, -0.1) is 5.10 Å². The lowest BCUT2D eigenvalue weighted by Gasteiger charge is -2.11. The van der Waals surface area contributed by atoms with E-state index in [4.69, 9.17) is 16.6 Å². The standard InChI is InChI=1S/C18H12ClN7/c19-12-4-6-13(7-5-12)20-18-16-2-1-9-26(16)15-8-3-11(10-14(15)21-18)17-22-24-25-23-17/h1-10H,(H,20,21)(H,22,23,24,25). The minimum atomic E-state index is 0.605. The van der Waals surface area contributed by atoms with E-state index < -0.39 is 0 Å². The zero-order valence-corrected chi connectivity index (χ0v) is 14.1. The highest BCUT2D eigenvalue weighted by atomic mass is 35.5. The molecule has 0 aliphatic carbocycles. The topological polar surface area (TPSA) is 83.8 Å². The van der Waals surface area contributed by atoms with Crippen molar-refractivity contribution in [1.29, 1.82) is 0 Å². The van der Waals surface area contributed by atoms with Crippen LogP contribution >= 0.6 is 11.6 Å². The Balaban J connectivity index is 1.68. The summed E-state index contributed by atoms with van der Waals surface area (Å²) >= 11 is 5.97. The second-order valence-corrected chi connectivity index (χ2v) is 6.25. The molecule has 5 rings (SSSR count). The summed E-state index contributed by atoms with van der Waals surface area (Å²) in [6, 6.07) is 17.5. The Hall–Kier alpha value is -3.45. The van der Waals surface area contributed by atoms with E-state index >= 15 is 0 Å². The first-order valence-electron chi connectivity index (χ1n) is 7.95. The summed E-state index contributed by atoms with van der Waals surface area (Å²) in [6.07, 6.45) is 2.02. The molecule has 5 aromatic rings. The van der Waals surface area contributed by atoms with E-state index in [2.05, 4.69) is 30.3 Å². The number of rotatable bonds is 3. The van der Waals surface area contributed by atoms with Gasteiger partial charge in [0.2, 0.25) is 0 Å². The average Bonchev–Trinajstić information content (AvgIpc) is 3.35. The SMILES string of the molecule is Clc1ccc(Nc2nc3cc(-c4nnn[nH]4)ccc3n3cccc23)cc1. The molecule has 0 unspecified atom stereocenters. The van der Waals surface area contributed by atoms with Gasteiger partial charge in [0.15, 0.2) is 11.6 Å². The van der Waals surface area contributed by atoms with Gasteiger partial charge in [-0.1, -0.05) is 11.6 Å². The largest absolute Gasteiger partial charge is 0.338 e. The Morgan fingerprint density at radius 2 is 1.88 bits per heavy atom. The van der Waals surface area contributed by atoms with Crippen molar-refractivity contribution in [1.82, 2.24) is 30.0 Å². The molecule has 0 fully saturated rings. The number of H-pyrrole nitrogens is 1. The highest BCUT2D eigenvalue weighted by Gasteiger charge is 2.11. The van der Waals surface area contributed by atoms with Crippen molar-refractivity contribution < 1.29 is 0 Å². The molecule has 2 aromatic carbocycles. The molecular formula is C18H12ClN7. The molecular weight excluding hydrogens is 350 g/mol. The molecule has 2 N–H and O–H groups in total. The van der Waals surface area contributed by atoms with E-state index in [0.29, 0.717) is 10.8 Å². The van der Waals surface area contributed by atoms with Crippen LogP contribution < -0.4 is 5.32 Å². The molecule has 3 aromatic heterocycles. The fourth-order valence-corrected chi connectivity index (χ4v) is 3.10. The van der Waals surface area contributed by atoms with Gasteiger partial charge in [-0.3, -0.25) is 0 Å². The fourth-order valence-electron chi connectivity index (χ4n) is 2.97. The van der Waals surface area contributed by atoms with Crippen LogP contribution in [0.3, 0.4) is 0 Å². The lowest BCUT2D eigenvalue weighted by atomic mass is 10.2. The van der Waals surface area contributed by atoms with Gasteiger partial charge in [0.25, 0.3) is 0 Å². The first-order valence-corrected chi connectivity index (χ1v) is 8.33. The quantitative estimate of drug-likeness (QED) is 0.506. The molecule has 126 valence electrons. The number of anilines is 2. The van der Waals surface area contributed by atoms with Gasteiger partial charge in [-0.2, -0.15) is 0 Å². The number of nitrogens with one attached hydrogen (secondary N) is 2. The van der Waals surface area contributed by atoms with Crippen LogP contribution in [0.1, 0.15) is 0 Å². The Bertz CT molecular complexity index is 1210. The molecule has 0 aliphatic heterocycles. The number of hydrogen-bond acceptors (Lipinski definition) is 5. The molecule has 8 heteroatoms. The average molecular weight is 362 g/mol. The first-order chi connectivity index (χ1) is 12.8. The first kappa shape index (κ1) is 14.9. The van der Waals surface area contributed by atoms with Crippen molar-refractivity contribution >= 4 is 39.7 Å². The predicted octanol–water partition coefficient (Wildman–Crippen LogP) is 4.06. The Morgan fingerprint density at radius 1 is 1.00 bits per heavy atom. The summed E-state index contributed by atoms with van der Waals surface area (Å²) in [5.74, 6) is 1.37. The third-order valence-electron chi connectivity index (χ3n) is 4.18. The minimum Gasteiger partial charge on any atom is -0.338 e. The molecule has 0 aliphatic rings. The maximum Gasteiger partial charge on any atom is 0.179 e. The number of fused-ring (bicyclic) bond motifs is 3. The molecule has 0 amide bonds. The predicted molar refractivity (Wildman–Crippen MR) is 101 cm³/mol. The van der Waals surface area contributed by atoms with Gasteiger partial charge < -0.3 is 9.72 Å². The fraction of sp³-hybridized carbons (Fsp3) is 0. The highest BCUT2D eigenvalue weighted by molar-refractivity contribution is 6.30. The summed E-state index contributed by atoms with van der Waals surface area (Å²) in [4.78, 5) is 4.82. The third kappa shape index (κ3) is 2.46. The van der Waals surface area contributed by atoms with Crippen LogP contribution in [0.2, 0.25) is 5.02 Å². The van der Waals surface area contributed by atoms with E-state index in [9.17, 15) is 0 Å². The summed E-state index contributed by atoms with van der Waals surface area (Å²) < 4.78 is 2.10. The van der Waals surface area contributed by atoms with Crippen molar-refractivity contribution in [3.05, 3.63) is 65.8 Å². The normalized spacial score (nSPS) is 11.3. The molecule has 0 saturated carbocycles. The number of nitrogens with zero attached hydrogens (tertiary/aromatic N) is 5. The van der Waals surface area contributed by atoms with Gasteiger partial charge in [-0.05, 0) is 65.0 Å². The third-order valence-corrected chi connectivity index (χ3v) is 4.44. The number of aromatic amines is 1. The van der Waals surface area contributed by atoms with Crippen molar-refractivity contribution in [2.75, 3.05) is 5.32 Å². The van der Waals surface area contributed by atoms with Gasteiger partial charge in [0, 0.05) is 22.5 Å². The molecule has 7 nitrogen and oxygen atoms in total. The number of halogens is 1. The monoisotopic (exact) mass is 361 g/mol. The van der Waals surface area contributed by atoms with E-state index in [1.165, 1.54) is 0 Å². The highest BCUT2D eigenvalue weighted by Crippen LogP contribution is 2.28. The van der Waals surface area contributed by atoms with Crippen molar-refractivity contribution in [2.24, 2.45) is 0 Å². The van der Waals surface area contributed by atoms with Crippen LogP contribution in [-0.2, 0) is 0 Å². The smallest absolute Gasteiger partial charge is 0.179 e. The van der Waals surface area contributed by atoms with Crippen LogP contribution in [0.15, 0.2) is 60.8 Å². The molecule has 26 heavy (non-hydrogen) atoms. The van der Waals surface area contributed by atoms with Crippen LogP contribution in [0, 0.1) is 0 Å². The zero-order valence-electron chi connectivity index (χ0n) is 13.4. The van der Waals surface area contributed by atoms with Gasteiger partial charge in [0.1, 0.15) is 0 Å². The Labute approximate surface area is 152 Å². The second kappa shape index (κ2) is 5.82.